The first-order valence-electron chi connectivity index (χ1n) is 16.7. The van der Waals surface area contributed by atoms with Crippen molar-refractivity contribution in [1.29, 1.82) is 10.5 Å². The molecule has 6 rings (SSSR count). The summed E-state index contributed by atoms with van der Waals surface area (Å²) in [4.78, 5) is 36.7. The van der Waals surface area contributed by atoms with E-state index in [1.54, 1.807) is 24.4 Å². The minimum absolute atomic E-state index is 0.0217. The highest BCUT2D eigenvalue weighted by Crippen LogP contribution is 2.37. The van der Waals surface area contributed by atoms with Crippen LogP contribution in [0.3, 0.4) is 0 Å². The van der Waals surface area contributed by atoms with Gasteiger partial charge in [-0.2, -0.15) is 10.5 Å². The highest BCUT2D eigenvalue weighted by molar-refractivity contribution is 6.38. The second-order valence-corrected chi connectivity index (χ2v) is 13.4. The van der Waals surface area contributed by atoms with Gasteiger partial charge in [0.25, 0.3) is 5.91 Å². The van der Waals surface area contributed by atoms with Gasteiger partial charge >= 0.3 is 0 Å². The zero-order valence-electron chi connectivity index (χ0n) is 29.2. The summed E-state index contributed by atoms with van der Waals surface area (Å²) in [7, 11) is 0. The van der Waals surface area contributed by atoms with E-state index in [0.29, 0.717) is 39.9 Å². The lowest BCUT2D eigenvalue weighted by molar-refractivity contribution is -0.115. The number of aromatic nitrogens is 2. The molecule has 0 bridgehead atoms. The Morgan fingerprint density at radius 3 is 2.17 bits per heavy atom. The maximum Gasteiger partial charge on any atom is 0.251 e. The van der Waals surface area contributed by atoms with E-state index in [2.05, 4.69) is 31.6 Å². The van der Waals surface area contributed by atoms with Crippen LogP contribution in [0.5, 0.6) is 0 Å². The molecule has 0 spiro atoms. The van der Waals surface area contributed by atoms with E-state index < -0.39 is 0 Å². The molecule has 3 aromatic carbocycles. The predicted octanol–water partition coefficient (Wildman–Crippen LogP) is 9.31. The van der Waals surface area contributed by atoms with Crippen LogP contribution in [0.25, 0.3) is 0 Å². The number of halogens is 3. The van der Waals surface area contributed by atoms with Crippen molar-refractivity contribution in [1.82, 2.24) is 15.3 Å². The lowest BCUT2D eigenvalue weighted by Crippen LogP contribution is -2.48. The Balaban J connectivity index is 0.000000224. The maximum atomic E-state index is 12.6. The molecule has 0 saturated carbocycles. The summed E-state index contributed by atoms with van der Waals surface area (Å²) in [6.45, 7) is 6.64. The van der Waals surface area contributed by atoms with Gasteiger partial charge in [0.15, 0.2) is 11.6 Å². The van der Waals surface area contributed by atoms with Gasteiger partial charge in [0, 0.05) is 43.5 Å². The third-order valence-electron chi connectivity index (χ3n) is 8.59. The Kier molecular flexibility index (Phi) is 12.9. The maximum absolute atomic E-state index is 12.6. The van der Waals surface area contributed by atoms with E-state index in [-0.39, 0.29) is 39.3 Å². The summed E-state index contributed by atoms with van der Waals surface area (Å²) in [5.74, 6) is 0.295. The number of para-hydroxylation sites is 2. The lowest BCUT2D eigenvalue weighted by Gasteiger charge is -2.35. The summed E-state index contributed by atoms with van der Waals surface area (Å²) in [5, 5.41) is 25.8. The zero-order chi connectivity index (χ0) is 38.1. The average molecular weight is 766 g/mol. The van der Waals surface area contributed by atoms with Gasteiger partial charge in [0.05, 0.1) is 33.7 Å². The van der Waals surface area contributed by atoms with Crippen LogP contribution in [-0.4, -0.2) is 40.9 Å². The predicted molar refractivity (Wildman–Crippen MR) is 211 cm³/mol. The van der Waals surface area contributed by atoms with Gasteiger partial charge in [-0.05, 0) is 62.1 Å². The van der Waals surface area contributed by atoms with Crippen molar-refractivity contribution in [3.05, 3.63) is 134 Å². The number of benzene rings is 3. The van der Waals surface area contributed by atoms with E-state index in [1.807, 2.05) is 80.6 Å². The van der Waals surface area contributed by atoms with Gasteiger partial charge in [-0.3, -0.25) is 14.5 Å². The number of rotatable bonds is 7. The van der Waals surface area contributed by atoms with Crippen LogP contribution >= 0.6 is 34.8 Å². The number of pyridine rings is 2. The Hall–Kier alpha value is -5.65. The van der Waals surface area contributed by atoms with Crippen molar-refractivity contribution in [3.8, 4) is 12.1 Å². The number of nitriles is 2. The number of nitrogens with one attached hydrogen (secondary N) is 2. The van der Waals surface area contributed by atoms with Gasteiger partial charge in [-0.15, -0.1) is 0 Å². The molecule has 1 aliphatic heterocycles. The molecule has 0 radical (unpaired) electrons. The first-order chi connectivity index (χ1) is 25.5. The molecular formula is C40H35Cl3N8O2. The molecule has 0 aliphatic carbocycles. The largest absolute Gasteiger partial charge is 0.367 e. The molecule has 1 fully saturated rings. The topological polar surface area (TPSA) is 138 Å². The second kappa shape index (κ2) is 17.7. The van der Waals surface area contributed by atoms with Gasteiger partial charge in [0.1, 0.15) is 22.2 Å². The van der Waals surface area contributed by atoms with Crippen molar-refractivity contribution < 1.29 is 9.59 Å². The summed E-state index contributed by atoms with van der Waals surface area (Å²) >= 11 is 18.7. The number of carbonyl (C=O) groups is 2. The zero-order valence-corrected chi connectivity index (χ0v) is 31.5. The fourth-order valence-electron chi connectivity index (χ4n) is 5.88. The molecule has 2 aromatic heterocycles. The molecule has 5 aromatic rings. The van der Waals surface area contributed by atoms with Crippen LogP contribution in [0.4, 0.5) is 28.7 Å². The minimum Gasteiger partial charge on any atom is -0.367 e. The van der Waals surface area contributed by atoms with Gasteiger partial charge < -0.3 is 15.5 Å². The molecule has 2 N–H and O–H groups in total. The summed E-state index contributed by atoms with van der Waals surface area (Å²) in [6.07, 6.45) is 4.78. The fraction of sp³-hybridized carbons (Fsp3) is 0.200. The van der Waals surface area contributed by atoms with Crippen molar-refractivity contribution in [2.24, 2.45) is 0 Å². The SMILES string of the molecule is CC(=O)N(c1ccccc1C)c1ncc(Cl)c(C#N)c1Cl.Cc1ccccc1Nc1ncc(N2CCC[C@@H](NC(=O)c3ccccc3)C2)c(C#N)c1Cl. The molecule has 13 heteroatoms. The van der Waals surface area contributed by atoms with Gasteiger partial charge in [-0.25, -0.2) is 9.97 Å². The average Bonchev–Trinajstić information content (AvgIpc) is 3.16. The molecule has 2 amide bonds. The number of amides is 2. The quantitative estimate of drug-likeness (QED) is 0.167. The van der Waals surface area contributed by atoms with Crippen LogP contribution in [0.2, 0.25) is 15.1 Å². The fourth-order valence-corrected chi connectivity index (χ4v) is 6.63. The molecule has 1 aliphatic rings. The Labute approximate surface area is 323 Å². The summed E-state index contributed by atoms with van der Waals surface area (Å²) in [6, 6.07) is 28.5. The number of hydrogen-bond acceptors (Lipinski definition) is 8. The molecular weight excluding hydrogens is 731 g/mol. The van der Waals surface area contributed by atoms with Crippen LogP contribution in [-0.2, 0) is 4.79 Å². The lowest BCUT2D eigenvalue weighted by atomic mass is 10.0. The minimum atomic E-state index is -0.259. The standard InChI is InChI=1S/C25H24ClN5O.C15H11Cl2N3O/c1-17-8-5-6-12-21(17)30-24-23(26)20(14-27)22(15-28-24)31-13-7-11-19(16-31)29-25(32)18-9-3-2-4-10-18;1-9-5-3-4-6-13(9)20(10(2)21)15-14(17)11(7-18)12(16)8-19-15/h2-6,8-10,12,15,19H,7,11,13,16H2,1H3,(H,28,30)(H,29,32);3-6,8H,1-2H3/t19-;/m1./s1. The Morgan fingerprint density at radius 2 is 1.51 bits per heavy atom. The summed E-state index contributed by atoms with van der Waals surface area (Å²) < 4.78 is 0. The monoisotopic (exact) mass is 764 g/mol. The highest BCUT2D eigenvalue weighted by atomic mass is 35.5. The first-order valence-corrected chi connectivity index (χ1v) is 17.8. The number of aryl methyl sites for hydroxylation is 2. The van der Waals surface area contributed by atoms with Gasteiger partial charge in [-0.1, -0.05) is 89.4 Å². The van der Waals surface area contributed by atoms with Crippen molar-refractivity contribution in [2.45, 2.75) is 39.7 Å². The Morgan fingerprint density at radius 1 is 0.849 bits per heavy atom. The summed E-state index contributed by atoms with van der Waals surface area (Å²) in [5.41, 5.74) is 5.30. The van der Waals surface area contributed by atoms with Crippen molar-refractivity contribution in [2.75, 3.05) is 28.2 Å². The Bertz CT molecular complexity index is 2220. The molecule has 1 saturated heterocycles. The van der Waals surface area contributed by atoms with Crippen molar-refractivity contribution >= 4 is 75.3 Å². The number of anilines is 5. The van der Waals surface area contributed by atoms with E-state index in [9.17, 15) is 14.9 Å². The molecule has 1 atom stereocenters. The molecule has 53 heavy (non-hydrogen) atoms. The van der Waals surface area contributed by atoms with E-state index >= 15 is 0 Å². The molecule has 268 valence electrons. The van der Waals surface area contributed by atoms with Crippen LogP contribution in [0, 0.1) is 36.5 Å². The number of carbonyl (C=O) groups excluding carboxylic acids is 2. The number of nitrogens with zero attached hydrogens (tertiary/aromatic N) is 6. The number of piperidine rings is 1. The van der Waals surface area contributed by atoms with E-state index in [1.165, 1.54) is 18.0 Å². The highest BCUT2D eigenvalue weighted by Gasteiger charge is 2.26. The van der Waals surface area contributed by atoms with Crippen LogP contribution in [0.1, 0.15) is 52.4 Å². The molecule has 10 nitrogen and oxygen atoms in total. The third kappa shape index (κ3) is 9.05. The smallest absolute Gasteiger partial charge is 0.251 e. The van der Waals surface area contributed by atoms with Crippen LogP contribution in [0.15, 0.2) is 91.3 Å². The molecule has 3 heterocycles. The normalized spacial score (nSPS) is 13.4. The molecule has 0 unspecified atom stereocenters. The van der Waals surface area contributed by atoms with Crippen LogP contribution < -0.4 is 20.4 Å². The third-order valence-corrected chi connectivity index (χ3v) is 9.60. The number of hydrogen-bond donors (Lipinski definition) is 2. The van der Waals surface area contributed by atoms with E-state index in [4.69, 9.17) is 40.1 Å². The first kappa shape index (κ1) is 38.6. The van der Waals surface area contributed by atoms with E-state index in [0.717, 1.165) is 36.2 Å². The van der Waals surface area contributed by atoms with Crippen molar-refractivity contribution in [3.63, 3.8) is 0 Å². The van der Waals surface area contributed by atoms with Gasteiger partial charge in [0.2, 0.25) is 5.91 Å². The second-order valence-electron chi connectivity index (χ2n) is 12.2.